The number of nitrogens with zero attached hydrogens (tertiary/aromatic N) is 4. The Hall–Kier alpha value is -2.43. The van der Waals surface area contributed by atoms with Gasteiger partial charge in [-0.1, -0.05) is 0 Å². The number of rotatable bonds is 2. The zero-order valence-electron chi connectivity index (χ0n) is 9.24. The minimum absolute atomic E-state index is 0.596. The average Bonchev–Trinajstić information content (AvgIpc) is 2.86. The lowest BCUT2D eigenvalue weighted by atomic mass is 10.1. The molecular weight excluding hydrogens is 216 g/mol. The van der Waals surface area contributed by atoms with Crippen molar-refractivity contribution in [2.75, 3.05) is 7.11 Å². The van der Waals surface area contributed by atoms with E-state index in [1.807, 2.05) is 36.5 Å². The minimum atomic E-state index is 0.596. The molecule has 0 unspecified atom stereocenters. The summed E-state index contributed by atoms with van der Waals surface area (Å²) >= 11 is 0. The maximum Gasteiger partial charge on any atom is 0.252 e. The van der Waals surface area contributed by atoms with Crippen molar-refractivity contribution in [3.05, 3.63) is 42.9 Å². The number of aromatic nitrogens is 4. The largest absolute Gasteiger partial charge is 0.497 e. The van der Waals surface area contributed by atoms with Gasteiger partial charge in [-0.25, -0.2) is 9.50 Å². The summed E-state index contributed by atoms with van der Waals surface area (Å²) in [6.45, 7) is 0. The molecule has 1 aromatic carbocycles. The van der Waals surface area contributed by atoms with Crippen LogP contribution >= 0.6 is 0 Å². The number of hydrogen-bond donors (Lipinski definition) is 0. The molecule has 0 amide bonds. The zero-order valence-corrected chi connectivity index (χ0v) is 9.24. The number of ether oxygens (including phenoxy) is 1. The number of benzene rings is 1. The number of methoxy groups -OCH3 is 1. The summed E-state index contributed by atoms with van der Waals surface area (Å²) in [5.74, 6) is 1.43. The summed E-state index contributed by atoms with van der Waals surface area (Å²) in [5, 5.41) is 4.00. The molecule has 0 aliphatic heterocycles. The Morgan fingerprint density at radius 1 is 1.12 bits per heavy atom. The Bertz CT molecular complexity index is 645. The van der Waals surface area contributed by atoms with Gasteiger partial charge >= 0.3 is 0 Å². The molecule has 3 aromatic rings. The van der Waals surface area contributed by atoms with Crippen LogP contribution in [0.15, 0.2) is 42.9 Å². The summed E-state index contributed by atoms with van der Waals surface area (Å²) < 4.78 is 6.75. The molecule has 5 nitrogen and oxygen atoms in total. The molecule has 5 heteroatoms. The van der Waals surface area contributed by atoms with Crippen molar-refractivity contribution >= 4 is 5.78 Å². The molecule has 17 heavy (non-hydrogen) atoms. The highest BCUT2D eigenvalue weighted by molar-refractivity contribution is 5.61. The molecule has 3 rings (SSSR count). The standard InChI is InChI=1S/C12H10N4O/c1-17-10-4-2-9(3-5-10)11-6-7-16-12(15-11)13-8-14-16/h2-8H,1H3. The van der Waals surface area contributed by atoms with E-state index < -0.39 is 0 Å². The highest BCUT2D eigenvalue weighted by Gasteiger charge is 2.02. The molecule has 0 N–H and O–H groups in total. The predicted molar refractivity (Wildman–Crippen MR) is 62.8 cm³/mol. The van der Waals surface area contributed by atoms with Crippen LogP contribution < -0.4 is 4.74 Å². The first kappa shape index (κ1) is 9.77. The predicted octanol–water partition coefficient (Wildman–Crippen LogP) is 1.80. The van der Waals surface area contributed by atoms with Crippen molar-refractivity contribution in [2.24, 2.45) is 0 Å². The van der Waals surface area contributed by atoms with Crippen molar-refractivity contribution < 1.29 is 4.74 Å². The lowest BCUT2D eigenvalue weighted by molar-refractivity contribution is 0.415. The Morgan fingerprint density at radius 2 is 1.94 bits per heavy atom. The lowest BCUT2D eigenvalue weighted by Crippen LogP contribution is -1.92. The second kappa shape index (κ2) is 3.86. The number of hydrogen-bond acceptors (Lipinski definition) is 4. The monoisotopic (exact) mass is 226 g/mol. The maximum absolute atomic E-state index is 5.12. The maximum atomic E-state index is 5.12. The Labute approximate surface area is 97.7 Å². The third-order valence-electron chi connectivity index (χ3n) is 2.53. The van der Waals surface area contributed by atoms with Crippen molar-refractivity contribution in [1.82, 2.24) is 19.6 Å². The van der Waals surface area contributed by atoms with Crippen LogP contribution in [0.25, 0.3) is 17.0 Å². The van der Waals surface area contributed by atoms with E-state index in [9.17, 15) is 0 Å². The smallest absolute Gasteiger partial charge is 0.252 e. The van der Waals surface area contributed by atoms with Crippen molar-refractivity contribution in [3.63, 3.8) is 0 Å². The number of fused-ring (bicyclic) bond motifs is 1. The van der Waals surface area contributed by atoms with Gasteiger partial charge in [0.05, 0.1) is 12.8 Å². The molecule has 0 aliphatic rings. The Balaban J connectivity index is 2.06. The van der Waals surface area contributed by atoms with Crippen LogP contribution in [0, 0.1) is 0 Å². The van der Waals surface area contributed by atoms with E-state index in [1.54, 1.807) is 11.6 Å². The molecule has 0 saturated heterocycles. The van der Waals surface area contributed by atoms with Crippen LogP contribution in [-0.2, 0) is 0 Å². The van der Waals surface area contributed by atoms with Crippen LogP contribution in [0.2, 0.25) is 0 Å². The molecule has 2 heterocycles. The molecule has 0 saturated carbocycles. The fraction of sp³-hybridized carbons (Fsp3) is 0.0833. The van der Waals surface area contributed by atoms with Gasteiger partial charge in [0.1, 0.15) is 12.1 Å². The van der Waals surface area contributed by atoms with E-state index in [0.717, 1.165) is 17.0 Å². The third kappa shape index (κ3) is 1.71. The average molecular weight is 226 g/mol. The van der Waals surface area contributed by atoms with Crippen LogP contribution in [0.3, 0.4) is 0 Å². The van der Waals surface area contributed by atoms with Gasteiger partial charge in [0, 0.05) is 11.8 Å². The quantitative estimate of drug-likeness (QED) is 0.668. The van der Waals surface area contributed by atoms with Gasteiger partial charge in [-0.2, -0.15) is 10.1 Å². The van der Waals surface area contributed by atoms with Gasteiger partial charge in [0.15, 0.2) is 0 Å². The van der Waals surface area contributed by atoms with E-state index in [0.29, 0.717) is 5.78 Å². The zero-order chi connectivity index (χ0) is 11.7. The van der Waals surface area contributed by atoms with Gasteiger partial charge in [0.2, 0.25) is 0 Å². The summed E-state index contributed by atoms with van der Waals surface area (Å²) in [6, 6.07) is 9.65. The molecule has 2 aromatic heterocycles. The summed E-state index contributed by atoms with van der Waals surface area (Å²) in [4.78, 5) is 8.46. The molecule has 0 aliphatic carbocycles. The molecule has 0 spiro atoms. The van der Waals surface area contributed by atoms with E-state index in [4.69, 9.17) is 4.74 Å². The first-order valence-corrected chi connectivity index (χ1v) is 5.17. The molecule has 0 atom stereocenters. The van der Waals surface area contributed by atoms with E-state index in [1.165, 1.54) is 6.33 Å². The SMILES string of the molecule is COc1ccc(-c2ccn3ncnc3n2)cc1. The summed E-state index contributed by atoms with van der Waals surface area (Å²) in [7, 11) is 1.65. The van der Waals surface area contributed by atoms with Gasteiger partial charge in [0.25, 0.3) is 5.78 Å². The van der Waals surface area contributed by atoms with Crippen LogP contribution in [0.4, 0.5) is 0 Å². The topological polar surface area (TPSA) is 52.3 Å². The highest BCUT2D eigenvalue weighted by Crippen LogP contribution is 2.20. The summed E-state index contributed by atoms with van der Waals surface area (Å²) in [5.41, 5.74) is 1.89. The van der Waals surface area contributed by atoms with E-state index in [2.05, 4.69) is 15.1 Å². The third-order valence-corrected chi connectivity index (χ3v) is 2.53. The minimum Gasteiger partial charge on any atom is -0.497 e. The van der Waals surface area contributed by atoms with Crippen molar-refractivity contribution in [3.8, 4) is 17.0 Å². The first-order valence-electron chi connectivity index (χ1n) is 5.17. The Morgan fingerprint density at radius 3 is 2.71 bits per heavy atom. The second-order valence-electron chi connectivity index (χ2n) is 3.55. The molecule has 0 bridgehead atoms. The van der Waals surface area contributed by atoms with Gasteiger partial charge < -0.3 is 4.74 Å². The van der Waals surface area contributed by atoms with Gasteiger partial charge in [-0.3, -0.25) is 0 Å². The first-order chi connectivity index (χ1) is 8.36. The van der Waals surface area contributed by atoms with Gasteiger partial charge in [-0.15, -0.1) is 0 Å². The highest BCUT2D eigenvalue weighted by atomic mass is 16.5. The van der Waals surface area contributed by atoms with Gasteiger partial charge in [-0.05, 0) is 30.3 Å². The molecule has 0 fully saturated rings. The Kier molecular flexibility index (Phi) is 2.22. The lowest BCUT2D eigenvalue weighted by Gasteiger charge is -2.02. The van der Waals surface area contributed by atoms with Crippen LogP contribution in [0.1, 0.15) is 0 Å². The normalized spacial score (nSPS) is 10.6. The summed E-state index contributed by atoms with van der Waals surface area (Å²) in [6.07, 6.45) is 3.33. The fourth-order valence-electron chi connectivity index (χ4n) is 1.64. The second-order valence-corrected chi connectivity index (χ2v) is 3.55. The molecule has 0 radical (unpaired) electrons. The molecule has 84 valence electrons. The van der Waals surface area contributed by atoms with Crippen LogP contribution in [0.5, 0.6) is 5.75 Å². The van der Waals surface area contributed by atoms with E-state index in [-0.39, 0.29) is 0 Å². The van der Waals surface area contributed by atoms with Crippen molar-refractivity contribution in [2.45, 2.75) is 0 Å². The van der Waals surface area contributed by atoms with Crippen LogP contribution in [-0.4, -0.2) is 26.7 Å². The fourth-order valence-corrected chi connectivity index (χ4v) is 1.64. The van der Waals surface area contributed by atoms with E-state index >= 15 is 0 Å². The molecular formula is C12H10N4O. The van der Waals surface area contributed by atoms with Crippen molar-refractivity contribution in [1.29, 1.82) is 0 Å².